The average Bonchev–Trinajstić information content (AvgIpc) is 2.00. The first-order chi connectivity index (χ1) is 6.70. The second kappa shape index (κ2) is 7.06. The molecule has 0 aliphatic heterocycles. The van der Waals surface area contributed by atoms with Crippen molar-refractivity contribution in [2.45, 2.75) is 59.4 Å². The molecule has 4 nitrogen and oxygen atoms in total. The molecule has 0 aromatic carbocycles. The summed E-state index contributed by atoms with van der Waals surface area (Å²) in [5.74, 6) is -0.972. The minimum Gasteiger partial charge on any atom is -0.460 e. The van der Waals surface area contributed by atoms with Crippen molar-refractivity contribution < 1.29 is 19.1 Å². The van der Waals surface area contributed by atoms with Crippen LogP contribution in [0, 0.1) is 0 Å². The molecule has 0 amide bonds. The Morgan fingerprint density at radius 1 is 1.06 bits per heavy atom. The van der Waals surface area contributed by atoms with Gasteiger partial charge in [0.15, 0.2) is 23.1 Å². The van der Waals surface area contributed by atoms with Gasteiger partial charge in [-0.15, -0.1) is 0 Å². The van der Waals surface area contributed by atoms with Crippen molar-refractivity contribution in [3.05, 3.63) is 0 Å². The minimum absolute atomic E-state index is 0. The predicted octanol–water partition coefficient (Wildman–Crippen LogP) is 0.527. The lowest BCUT2D eigenvalue weighted by molar-refractivity contribution is -0.182. The number of carbonyl (C=O) groups excluding carboxylic acids is 2. The normalized spacial score (nSPS) is 14.2. The summed E-state index contributed by atoms with van der Waals surface area (Å²) < 4.78 is 10.3. The molecular weight excluding hydrogens is 223 g/mol. The third kappa shape index (κ3) is 5.11. The number of carbonyl (C=O) groups is 2. The topological polar surface area (TPSA) is 52.6 Å². The van der Waals surface area contributed by atoms with Gasteiger partial charge in [-0.05, 0) is 41.5 Å². The smallest absolute Gasteiger partial charge is 0.346 e. The molecule has 0 aliphatic rings. The lowest BCUT2D eigenvalue weighted by Crippen LogP contribution is -2.48. The van der Waals surface area contributed by atoms with Crippen molar-refractivity contribution in [1.29, 1.82) is 0 Å². The standard InChI is InChI=1S/C11H20O4.Al.3H/c1-7(2)14-10(13)11(6,9(5)12)15-8(3)4;;;;/h7-8H,1-6H3;;;;. The molecule has 0 aromatic heterocycles. The SMILES string of the molecule is CC(=O)C(C)(OC(C)C)C(=O)OC(C)C.[AlH3]. The number of ether oxygens (including phenoxy) is 2. The average molecular weight is 246 g/mol. The van der Waals surface area contributed by atoms with E-state index in [0.29, 0.717) is 0 Å². The Hall–Kier alpha value is -0.368. The van der Waals surface area contributed by atoms with Gasteiger partial charge in [-0.3, -0.25) is 4.79 Å². The van der Waals surface area contributed by atoms with E-state index in [4.69, 9.17) is 9.47 Å². The Morgan fingerprint density at radius 2 is 1.50 bits per heavy atom. The maximum atomic E-state index is 11.7. The third-order valence-electron chi connectivity index (χ3n) is 1.88. The summed E-state index contributed by atoms with van der Waals surface area (Å²) in [6, 6.07) is 0. The lowest BCUT2D eigenvalue weighted by Gasteiger charge is -2.27. The molecule has 0 radical (unpaired) electrons. The van der Waals surface area contributed by atoms with Crippen molar-refractivity contribution in [2.75, 3.05) is 0 Å². The van der Waals surface area contributed by atoms with Gasteiger partial charge >= 0.3 is 5.97 Å². The summed E-state index contributed by atoms with van der Waals surface area (Å²) in [5.41, 5.74) is -1.49. The van der Waals surface area contributed by atoms with Gasteiger partial charge in [-0.1, -0.05) is 0 Å². The van der Waals surface area contributed by atoms with Crippen molar-refractivity contribution in [3.63, 3.8) is 0 Å². The Bertz CT molecular complexity index is 250. The van der Waals surface area contributed by atoms with Crippen molar-refractivity contribution in [2.24, 2.45) is 0 Å². The zero-order valence-electron chi connectivity index (χ0n) is 10.3. The van der Waals surface area contributed by atoms with Crippen LogP contribution in [0.4, 0.5) is 0 Å². The van der Waals surface area contributed by atoms with Crippen LogP contribution in [0.1, 0.15) is 41.5 Å². The van der Waals surface area contributed by atoms with Crippen molar-refractivity contribution >= 4 is 29.1 Å². The summed E-state index contributed by atoms with van der Waals surface area (Å²) in [4.78, 5) is 23.1. The van der Waals surface area contributed by atoms with Gasteiger partial charge in [0.1, 0.15) is 0 Å². The lowest BCUT2D eigenvalue weighted by atomic mass is 10.0. The van der Waals surface area contributed by atoms with Crippen LogP contribution in [-0.4, -0.2) is 46.9 Å². The molecule has 94 valence electrons. The van der Waals surface area contributed by atoms with Crippen LogP contribution in [0.5, 0.6) is 0 Å². The molecule has 0 spiro atoms. The van der Waals surface area contributed by atoms with E-state index in [1.807, 2.05) is 0 Å². The fourth-order valence-electron chi connectivity index (χ4n) is 1.07. The Balaban J connectivity index is 0. The van der Waals surface area contributed by atoms with E-state index in [1.165, 1.54) is 13.8 Å². The molecule has 0 rings (SSSR count). The van der Waals surface area contributed by atoms with E-state index in [-0.39, 0.29) is 35.4 Å². The summed E-state index contributed by atoms with van der Waals surface area (Å²) in [7, 11) is 0. The minimum atomic E-state index is -1.49. The number of rotatable bonds is 5. The van der Waals surface area contributed by atoms with Gasteiger partial charge in [-0.2, -0.15) is 0 Å². The van der Waals surface area contributed by atoms with E-state index in [0.717, 1.165) is 0 Å². The predicted molar refractivity (Wildman–Crippen MR) is 66.5 cm³/mol. The van der Waals surface area contributed by atoms with Crippen molar-refractivity contribution in [1.82, 2.24) is 0 Å². The monoisotopic (exact) mass is 246 g/mol. The zero-order chi connectivity index (χ0) is 12.2. The maximum Gasteiger partial charge on any atom is 0.346 e. The molecule has 1 atom stereocenters. The van der Waals surface area contributed by atoms with Crippen LogP contribution in [0.3, 0.4) is 0 Å². The molecular formula is C11H23AlO4. The highest BCUT2D eigenvalue weighted by Gasteiger charge is 2.42. The van der Waals surface area contributed by atoms with Crippen LogP contribution in [0.25, 0.3) is 0 Å². The van der Waals surface area contributed by atoms with E-state index in [1.54, 1.807) is 27.7 Å². The first kappa shape index (κ1) is 18.0. The zero-order valence-corrected chi connectivity index (χ0v) is 10.3. The second-order valence-corrected chi connectivity index (χ2v) is 4.21. The molecule has 0 bridgehead atoms. The molecule has 1 unspecified atom stereocenters. The molecule has 0 heterocycles. The van der Waals surface area contributed by atoms with E-state index >= 15 is 0 Å². The number of hydrogen-bond acceptors (Lipinski definition) is 4. The fraction of sp³-hybridized carbons (Fsp3) is 0.818. The van der Waals surface area contributed by atoms with Gasteiger partial charge in [0.05, 0.1) is 12.2 Å². The quantitative estimate of drug-likeness (QED) is 0.403. The maximum absolute atomic E-state index is 11.7. The van der Waals surface area contributed by atoms with Gasteiger partial charge in [0, 0.05) is 0 Å². The first-order valence-corrected chi connectivity index (χ1v) is 5.10. The highest BCUT2D eigenvalue weighted by molar-refractivity contribution is 6.05. The molecule has 0 saturated carbocycles. The van der Waals surface area contributed by atoms with Gasteiger partial charge in [-0.25, -0.2) is 4.79 Å². The van der Waals surface area contributed by atoms with E-state index < -0.39 is 11.6 Å². The Morgan fingerprint density at radius 3 is 1.75 bits per heavy atom. The number of esters is 1. The summed E-state index contributed by atoms with van der Waals surface area (Å²) in [6.45, 7) is 9.76. The summed E-state index contributed by atoms with van der Waals surface area (Å²) >= 11 is 0. The largest absolute Gasteiger partial charge is 0.460 e. The fourth-order valence-corrected chi connectivity index (χ4v) is 1.07. The molecule has 0 saturated heterocycles. The summed E-state index contributed by atoms with van der Waals surface area (Å²) in [6.07, 6.45) is -0.467. The first-order valence-electron chi connectivity index (χ1n) is 5.10. The highest BCUT2D eigenvalue weighted by atomic mass is 27.0. The second-order valence-electron chi connectivity index (χ2n) is 4.21. The van der Waals surface area contributed by atoms with E-state index in [2.05, 4.69) is 0 Å². The van der Waals surface area contributed by atoms with Crippen LogP contribution in [0.15, 0.2) is 0 Å². The van der Waals surface area contributed by atoms with Crippen LogP contribution >= 0.6 is 0 Å². The van der Waals surface area contributed by atoms with Crippen molar-refractivity contribution in [3.8, 4) is 0 Å². The van der Waals surface area contributed by atoms with Gasteiger partial charge < -0.3 is 9.47 Å². The third-order valence-corrected chi connectivity index (χ3v) is 1.88. The van der Waals surface area contributed by atoms with E-state index in [9.17, 15) is 9.59 Å². The molecule has 5 heteroatoms. The number of hydrogen-bond donors (Lipinski definition) is 0. The Labute approximate surface area is 108 Å². The molecule has 0 N–H and O–H groups in total. The number of ketones is 1. The highest BCUT2D eigenvalue weighted by Crippen LogP contribution is 2.17. The molecule has 0 aromatic rings. The van der Waals surface area contributed by atoms with Crippen LogP contribution in [-0.2, 0) is 19.1 Å². The van der Waals surface area contributed by atoms with Gasteiger partial charge in [0.2, 0.25) is 5.60 Å². The van der Waals surface area contributed by atoms with Crippen LogP contribution in [0.2, 0.25) is 0 Å². The molecule has 16 heavy (non-hydrogen) atoms. The van der Waals surface area contributed by atoms with Gasteiger partial charge in [0.25, 0.3) is 0 Å². The molecule has 0 aliphatic carbocycles. The summed E-state index contributed by atoms with van der Waals surface area (Å²) in [5, 5.41) is 0. The molecule has 0 fully saturated rings. The van der Waals surface area contributed by atoms with Crippen LogP contribution < -0.4 is 0 Å². The Kier molecular flexibility index (Phi) is 7.94. The number of Topliss-reactive ketones (excluding diaryl/α,β-unsaturated/α-hetero) is 1.